The van der Waals surface area contributed by atoms with Gasteiger partial charge in [-0.05, 0) is 45.0 Å². The highest BCUT2D eigenvalue weighted by Crippen LogP contribution is 2.22. The fraction of sp³-hybridized carbons (Fsp3) is 0.375. The molecular formula is C16H21ClN4O. The van der Waals surface area contributed by atoms with Crippen molar-refractivity contribution >= 4 is 24.0 Å². The SMILES string of the molecule is Cc1cc(C)n(-c2ccccc2NC(=O)C2CCNC2)n1.Cl. The Labute approximate surface area is 136 Å². The number of hydrogen-bond acceptors (Lipinski definition) is 3. The van der Waals surface area contributed by atoms with E-state index in [1.165, 1.54) is 0 Å². The Morgan fingerprint density at radius 3 is 2.77 bits per heavy atom. The number of carbonyl (C=O) groups excluding carboxylic acids is 1. The average Bonchev–Trinajstić information content (AvgIpc) is 3.09. The second kappa shape index (κ2) is 6.94. The van der Waals surface area contributed by atoms with E-state index >= 15 is 0 Å². The van der Waals surface area contributed by atoms with E-state index < -0.39 is 0 Å². The Hall–Kier alpha value is -1.85. The smallest absolute Gasteiger partial charge is 0.228 e. The number of aryl methyl sites for hydroxylation is 2. The van der Waals surface area contributed by atoms with E-state index in [4.69, 9.17) is 0 Å². The molecule has 1 amide bonds. The van der Waals surface area contributed by atoms with Gasteiger partial charge in [-0.15, -0.1) is 12.4 Å². The number of halogens is 1. The Morgan fingerprint density at radius 1 is 1.36 bits per heavy atom. The second-order valence-electron chi connectivity index (χ2n) is 5.54. The maximum atomic E-state index is 12.3. The normalized spacial score (nSPS) is 17.1. The largest absolute Gasteiger partial charge is 0.324 e. The Balaban J connectivity index is 0.00000176. The molecule has 1 aliphatic heterocycles. The van der Waals surface area contributed by atoms with Gasteiger partial charge in [0.2, 0.25) is 5.91 Å². The lowest BCUT2D eigenvalue weighted by Crippen LogP contribution is -2.25. The standard InChI is InChI=1S/C16H20N4O.ClH/c1-11-9-12(2)20(19-11)15-6-4-3-5-14(15)18-16(21)13-7-8-17-10-13;/h3-6,9,13,17H,7-8,10H2,1-2H3,(H,18,21);1H. The Bertz CT molecular complexity index is 662. The molecule has 3 rings (SSSR count). The molecule has 1 aromatic carbocycles. The van der Waals surface area contributed by atoms with Crippen LogP contribution in [-0.2, 0) is 4.79 Å². The summed E-state index contributed by atoms with van der Waals surface area (Å²) in [6.07, 6.45) is 0.897. The summed E-state index contributed by atoms with van der Waals surface area (Å²) >= 11 is 0. The zero-order chi connectivity index (χ0) is 14.8. The van der Waals surface area contributed by atoms with E-state index in [1.807, 2.05) is 48.9 Å². The van der Waals surface area contributed by atoms with Crippen LogP contribution in [0.4, 0.5) is 5.69 Å². The minimum atomic E-state index is 0. The molecule has 1 aliphatic rings. The van der Waals surface area contributed by atoms with Crippen LogP contribution in [0.25, 0.3) is 5.69 Å². The summed E-state index contributed by atoms with van der Waals surface area (Å²) < 4.78 is 1.87. The van der Waals surface area contributed by atoms with Gasteiger partial charge in [0.15, 0.2) is 0 Å². The van der Waals surface area contributed by atoms with Gasteiger partial charge in [-0.3, -0.25) is 4.79 Å². The predicted molar refractivity (Wildman–Crippen MR) is 89.9 cm³/mol. The summed E-state index contributed by atoms with van der Waals surface area (Å²) in [6, 6.07) is 9.81. The van der Waals surface area contributed by atoms with Crippen molar-refractivity contribution in [1.29, 1.82) is 0 Å². The lowest BCUT2D eigenvalue weighted by Gasteiger charge is -2.14. The number of rotatable bonds is 3. The van der Waals surface area contributed by atoms with E-state index in [-0.39, 0.29) is 24.2 Å². The Kier molecular flexibility index (Phi) is 5.21. The lowest BCUT2D eigenvalue weighted by molar-refractivity contribution is -0.119. The van der Waals surface area contributed by atoms with Crippen molar-refractivity contribution in [3.8, 4) is 5.69 Å². The highest BCUT2D eigenvalue weighted by atomic mass is 35.5. The van der Waals surface area contributed by atoms with Crippen molar-refractivity contribution in [3.63, 3.8) is 0 Å². The summed E-state index contributed by atoms with van der Waals surface area (Å²) in [5.41, 5.74) is 3.73. The molecule has 0 saturated carbocycles. The van der Waals surface area contributed by atoms with Gasteiger partial charge in [0.05, 0.1) is 23.0 Å². The van der Waals surface area contributed by atoms with E-state index in [0.29, 0.717) is 0 Å². The molecule has 2 N–H and O–H groups in total. The number of nitrogens with zero attached hydrogens (tertiary/aromatic N) is 2. The van der Waals surface area contributed by atoms with Crippen LogP contribution in [0.15, 0.2) is 30.3 Å². The highest BCUT2D eigenvalue weighted by molar-refractivity contribution is 5.94. The van der Waals surface area contributed by atoms with Crippen LogP contribution >= 0.6 is 12.4 Å². The molecule has 0 aliphatic carbocycles. The van der Waals surface area contributed by atoms with Crippen LogP contribution in [0.1, 0.15) is 17.8 Å². The topological polar surface area (TPSA) is 59.0 Å². The van der Waals surface area contributed by atoms with Gasteiger partial charge in [0.25, 0.3) is 0 Å². The van der Waals surface area contributed by atoms with E-state index in [0.717, 1.165) is 42.3 Å². The fourth-order valence-electron chi connectivity index (χ4n) is 2.75. The molecular weight excluding hydrogens is 300 g/mol. The molecule has 0 spiro atoms. The molecule has 22 heavy (non-hydrogen) atoms. The van der Waals surface area contributed by atoms with Crippen molar-refractivity contribution < 1.29 is 4.79 Å². The van der Waals surface area contributed by atoms with Crippen molar-refractivity contribution in [3.05, 3.63) is 41.7 Å². The molecule has 5 nitrogen and oxygen atoms in total. The maximum Gasteiger partial charge on any atom is 0.228 e. The summed E-state index contributed by atoms with van der Waals surface area (Å²) in [5, 5.41) is 10.8. The molecule has 6 heteroatoms. The molecule has 1 aromatic heterocycles. The number of aromatic nitrogens is 2. The van der Waals surface area contributed by atoms with Crippen molar-refractivity contribution in [2.75, 3.05) is 18.4 Å². The van der Waals surface area contributed by atoms with Gasteiger partial charge in [-0.25, -0.2) is 4.68 Å². The third-order valence-electron chi connectivity index (χ3n) is 3.83. The van der Waals surface area contributed by atoms with Gasteiger partial charge in [-0.2, -0.15) is 5.10 Å². The first-order valence-electron chi connectivity index (χ1n) is 7.29. The minimum Gasteiger partial charge on any atom is -0.324 e. The molecule has 2 heterocycles. The van der Waals surface area contributed by atoms with Crippen LogP contribution in [-0.4, -0.2) is 28.8 Å². The van der Waals surface area contributed by atoms with E-state index in [9.17, 15) is 4.79 Å². The molecule has 1 saturated heterocycles. The summed E-state index contributed by atoms with van der Waals surface area (Å²) in [5.74, 6) is 0.132. The molecule has 0 radical (unpaired) electrons. The molecule has 2 aromatic rings. The first kappa shape index (κ1) is 16.5. The molecule has 0 bridgehead atoms. The number of carbonyl (C=O) groups is 1. The Morgan fingerprint density at radius 2 is 2.14 bits per heavy atom. The summed E-state index contributed by atoms with van der Waals surface area (Å²) in [7, 11) is 0. The molecule has 1 atom stereocenters. The van der Waals surface area contributed by atoms with Crippen molar-refractivity contribution in [2.24, 2.45) is 5.92 Å². The van der Waals surface area contributed by atoms with E-state index in [2.05, 4.69) is 15.7 Å². The third-order valence-corrected chi connectivity index (χ3v) is 3.83. The monoisotopic (exact) mass is 320 g/mol. The van der Waals surface area contributed by atoms with Gasteiger partial charge >= 0.3 is 0 Å². The quantitative estimate of drug-likeness (QED) is 0.913. The fourth-order valence-corrected chi connectivity index (χ4v) is 2.75. The molecule has 1 fully saturated rings. The van der Waals surface area contributed by atoms with Gasteiger partial charge < -0.3 is 10.6 Å². The van der Waals surface area contributed by atoms with Gasteiger partial charge in [0, 0.05) is 12.2 Å². The summed E-state index contributed by atoms with van der Waals surface area (Å²) in [6.45, 7) is 5.65. The first-order chi connectivity index (χ1) is 10.1. The second-order valence-corrected chi connectivity index (χ2v) is 5.54. The van der Waals surface area contributed by atoms with E-state index in [1.54, 1.807) is 0 Å². The predicted octanol–water partition coefficient (Wildman–Crippen LogP) is 2.46. The van der Waals surface area contributed by atoms with Crippen LogP contribution in [0.2, 0.25) is 0 Å². The first-order valence-corrected chi connectivity index (χ1v) is 7.29. The van der Waals surface area contributed by atoms with Gasteiger partial charge in [0.1, 0.15) is 0 Å². The number of benzene rings is 1. The minimum absolute atomic E-state index is 0. The van der Waals surface area contributed by atoms with Crippen molar-refractivity contribution in [1.82, 2.24) is 15.1 Å². The number of para-hydroxylation sites is 2. The number of nitrogens with one attached hydrogen (secondary N) is 2. The van der Waals surface area contributed by atoms with Crippen molar-refractivity contribution in [2.45, 2.75) is 20.3 Å². The van der Waals surface area contributed by atoms with Crippen LogP contribution in [0, 0.1) is 19.8 Å². The number of hydrogen-bond donors (Lipinski definition) is 2. The number of anilines is 1. The van der Waals surface area contributed by atoms with Gasteiger partial charge in [-0.1, -0.05) is 12.1 Å². The van der Waals surface area contributed by atoms with Crippen LogP contribution < -0.4 is 10.6 Å². The highest BCUT2D eigenvalue weighted by Gasteiger charge is 2.23. The third kappa shape index (κ3) is 3.31. The molecule has 1 unspecified atom stereocenters. The zero-order valence-electron chi connectivity index (χ0n) is 12.8. The maximum absolute atomic E-state index is 12.3. The van der Waals surface area contributed by atoms with Crippen LogP contribution in [0.5, 0.6) is 0 Å². The zero-order valence-corrected chi connectivity index (χ0v) is 13.6. The average molecular weight is 321 g/mol. The summed E-state index contributed by atoms with van der Waals surface area (Å²) in [4.78, 5) is 12.3. The molecule has 118 valence electrons. The van der Waals surface area contributed by atoms with Crippen LogP contribution in [0.3, 0.4) is 0 Å². The number of amides is 1. The lowest BCUT2D eigenvalue weighted by atomic mass is 10.1.